The van der Waals surface area contributed by atoms with Crippen LogP contribution in [0.15, 0.2) is 54.6 Å². The number of hydrogen-bond donors (Lipinski definition) is 2. The molecule has 34 heavy (non-hydrogen) atoms. The van der Waals surface area contributed by atoms with Gasteiger partial charge in [0.2, 0.25) is 5.91 Å². The molecule has 0 saturated carbocycles. The molecular weight excluding hydrogens is 452 g/mol. The summed E-state index contributed by atoms with van der Waals surface area (Å²) < 4.78 is 5.51. The topological polar surface area (TPSA) is 95.9 Å². The van der Waals surface area contributed by atoms with E-state index in [2.05, 4.69) is 29.6 Å². The number of nitrogens with one attached hydrogen (secondary N) is 1. The van der Waals surface area contributed by atoms with Gasteiger partial charge in [0.15, 0.2) is 0 Å². The van der Waals surface area contributed by atoms with Crippen molar-refractivity contribution in [2.75, 3.05) is 19.7 Å². The van der Waals surface area contributed by atoms with Crippen LogP contribution in [0, 0.1) is 0 Å². The van der Waals surface area contributed by atoms with Crippen LogP contribution in [-0.4, -0.2) is 47.7 Å². The van der Waals surface area contributed by atoms with Crippen molar-refractivity contribution in [3.05, 3.63) is 81.0 Å². The minimum absolute atomic E-state index is 0.0105. The van der Waals surface area contributed by atoms with Gasteiger partial charge in [-0.2, -0.15) is 0 Å². The molecule has 1 aliphatic carbocycles. The molecule has 2 amide bonds. The molecule has 0 bridgehead atoms. The normalized spacial score (nSPS) is 14.2. The number of benzene rings is 2. The number of ether oxygens (including phenoxy) is 1. The highest BCUT2D eigenvalue weighted by molar-refractivity contribution is 7.14. The van der Waals surface area contributed by atoms with E-state index in [0.29, 0.717) is 24.4 Å². The van der Waals surface area contributed by atoms with Gasteiger partial charge in [-0.05, 0) is 40.3 Å². The molecular formula is C26H24N2O5S. The maximum Gasteiger partial charge on any atom is 0.407 e. The Kier molecular flexibility index (Phi) is 6.06. The molecule has 5 rings (SSSR count). The zero-order valence-corrected chi connectivity index (χ0v) is 19.3. The number of carbonyl (C=O) groups excluding carboxylic acids is 2. The van der Waals surface area contributed by atoms with Gasteiger partial charge in [0.25, 0.3) is 0 Å². The lowest BCUT2D eigenvalue weighted by Crippen LogP contribution is -2.37. The smallest absolute Gasteiger partial charge is 0.407 e. The minimum atomic E-state index is -0.940. The van der Waals surface area contributed by atoms with Crippen LogP contribution in [0.2, 0.25) is 0 Å². The number of aromatic carboxylic acids is 1. The van der Waals surface area contributed by atoms with Gasteiger partial charge >= 0.3 is 12.1 Å². The van der Waals surface area contributed by atoms with E-state index in [9.17, 15) is 14.4 Å². The number of thiophene rings is 1. The predicted molar refractivity (Wildman–Crippen MR) is 128 cm³/mol. The Morgan fingerprint density at radius 1 is 1.06 bits per heavy atom. The van der Waals surface area contributed by atoms with E-state index in [1.807, 2.05) is 24.3 Å². The van der Waals surface area contributed by atoms with Crippen molar-refractivity contribution < 1.29 is 24.2 Å². The van der Waals surface area contributed by atoms with E-state index in [-0.39, 0.29) is 31.4 Å². The lowest BCUT2D eigenvalue weighted by molar-refractivity contribution is -0.131. The summed E-state index contributed by atoms with van der Waals surface area (Å²) in [7, 11) is 0. The van der Waals surface area contributed by atoms with Crippen molar-refractivity contribution in [3.8, 4) is 11.1 Å². The van der Waals surface area contributed by atoms with Crippen molar-refractivity contribution in [2.45, 2.75) is 25.3 Å². The highest BCUT2D eigenvalue weighted by Crippen LogP contribution is 2.44. The number of amides is 2. The zero-order valence-electron chi connectivity index (χ0n) is 18.5. The van der Waals surface area contributed by atoms with Gasteiger partial charge in [0, 0.05) is 36.9 Å². The summed E-state index contributed by atoms with van der Waals surface area (Å²) >= 11 is 1.28. The maximum absolute atomic E-state index is 12.6. The highest BCUT2D eigenvalue weighted by Gasteiger charge is 2.29. The zero-order chi connectivity index (χ0) is 23.7. The first-order valence-corrected chi connectivity index (χ1v) is 12.0. The van der Waals surface area contributed by atoms with Gasteiger partial charge < -0.3 is 20.1 Å². The van der Waals surface area contributed by atoms with E-state index in [0.717, 1.165) is 21.6 Å². The van der Waals surface area contributed by atoms with Gasteiger partial charge in [0.05, 0.1) is 0 Å². The fourth-order valence-corrected chi connectivity index (χ4v) is 5.73. The molecule has 0 saturated heterocycles. The third-order valence-corrected chi connectivity index (χ3v) is 7.61. The fraction of sp³-hybridized carbons (Fsp3) is 0.269. The molecule has 2 aromatic carbocycles. The average molecular weight is 477 g/mol. The predicted octanol–water partition coefficient (Wildman–Crippen LogP) is 4.26. The summed E-state index contributed by atoms with van der Waals surface area (Å²) in [4.78, 5) is 39.1. The Morgan fingerprint density at radius 2 is 1.74 bits per heavy atom. The Balaban J connectivity index is 1.11. The molecule has 0 atom stereocenters. The molecule has 174 valence electrons. The minimum Gasteiger partial charge on any atom is -0.477 e. The standard InChI is InChI=1S/C26H24N2O5S/c29-24(28-12-10-22-16(14-28)13-23(34-22)25(30)31)9-11-27-26(32)33-15-21-19-7-3-1-5-17(19)18-6-2-4-8-20(18)21/h1-8,13,21H,9-12,14-15H2,(H,27,32)(H,30,31). The summed E-state index contributed by atoms with van der Waals surface area (Å²) in [5, 5.41) is 11.8. The number of nitrogens with zero attached hydrogens (tertiary/aromatic N) is 1. The van der Waals surface area contributed by atoms with E-state index >= 15 is 0 Å². The lowest BCUT2D eigenvalue weighted by atomic mass is 9.98. The van der Waals surface area contributed by atoms with Crippen LogP contribution in [0.3, 0.4) is 0 Å². The lowest BCUT2D eigenvalue weighted by Gasteiger charge is -2.27. The number of rotatable bonds is 6. The van der Waals surface area contributed by atoms with Gasteiger partial charge in [0.1, 0.15) is 11.5 Å². The van der Waals surface area contributed by atoms with Gasteiger partial charge in [-0.15, -0.1) is 11.3 Å². The molecule has 0 spiro atoms. The van der Waals surface area contributed by atoms with Crippen molar-refractivity contribution in [1.82, 2.24) is 10.2 Å². The number of fused-ring (bicyclic) bond motifs is 4. The number of carbonyl (C=O) groups is 3. The molecule has 2 N–H and O–H groups in total. The molecule has 0 fully saturated rings. The second kappa shape index (κ2) is 9.30. The van der Waals surface area contributed by atoms with Crippen molar-refractivity contribution in [2.24, 2.45) is 0 Å². The van der Waals surface area contributed by atoms with Crippen LogP contribution in [-0.2, 0) is 22.5 Å². The summed E-state index contributed by atoms with van der Waals surface area (Å²) in [5.41, 5.74) is 5.53. The number of alkyl carbamates (subject to hydrolysis) is 1. The monoisotopic (exact) mass is 476 g/mol. The van der Waals surface area contributed by atoms with Crippen LogP contribution < -0.4 is 5.32 Å². The Hall–Kier alpha value is -3.65. The van der Waals surface area contributed by atoms with Crippen molar-refractivity contribution in [1.29, 1.82) is 0 Å². The second-order valence-corrected chi connectivity index (χ2v) is 9.57. The number of carboxylic acid groups (broad SMARTS) is 1. The first-order chi connectivity index (χ1) is 16.5. The summed E-state index contributed by atoms with van der Waals surface area (Å²) in [6.07, 6.45) is 0.272. The quantitative estimate of drug-likeness (QED) is 0.554. The van der Waals surface area contributed by atoms with E-state index in [1.54, 1.807) is 11.0 Å². The molecule has 1 aliphatic heterocycles. The van der Waals surface area contributed by atoms with Crippen molar-refractivity contribution in [3.63, 3.8) is 0 Å². The third-order valence-electron chi connectivity index (χ3n) is 6.38. The SMILES string of the molecule is O=C(NCCC(=O)N1CCc2sc(C(=O)O)cc2C1)OCC1c2ccccc2-c2ccccc21. The molecule has 0 radical (unpaired) electrons. The number of carboxylic acids is 1. The molecule has 1 aromatic heterocycles. The molecule has 0 unspecified atom stereocenters. The molecule has 2 aliphatic rings. The third kappa shape index (κ3) is 4.28. The van der Waals surface area contributed by atoms with Crippen LogP contribution in [0.1, 0.15) is 43.6 Å². The van der Waals surface area contributed by atoms with E-state index in [1.165, 1.54) is 22.5 Å². The van der Waals surface area contributed by atoms with Crippen molar-refractivity contribution >= 4 is 29.3 Å². The largest absolute Gasteiger partial charge is 0.477 e. The van der Waals surface area contributed by atoms with Crippen LogP contribution in [0.25, 0.3) is 11.1 Å². The van der Waals surface area contributed by atoms with Gasteiger partial charge in [-0.3, -0.25) is 4.79 Å². The summed E-state index contributed by atoms with van der Waals surface area (Å²) in [6, 6.07) is 18.0. The van der Waals surface area contributed by atoms with Crippen LogP contribution in [0.5, 0.6) is 0 Å². The van der Waals surface area contributed by atoms with Gasteiger partial charge in [-0.1, -0.05) is 48.5 Å². The van der Waals surface area contributed by atoms with Crippen LogP contribution >= 0.6 is 11.3 Å². The summed E-state index contributed by atoms with van der Waals surface area (Å²) in [6.45, 7) is 1.37. The molecule has 7 nitrogen and oxygen atoms in total. The van der Waals surface area contributed by atoms with E-state index < -0.39 is 12.1 Å². The Bertz CT molecular complexity index is 1220. The molecule has 8 heteroatoms. The first-order valence-electron chi connectivity index (χ1n) is 11.2. The van der Waals surface area contributed by atoms with E-state index in [4.69, 9.17) is 9.84 Å². The van der Waals surface area contributed by atoms with Crippen LogP contribution in [0.4, 0.5) is 4.79 Å². The second-order valence-electron chi connectivity index (χ2n) is 8.43. The molecule has 2 heterocycles. The fourth-order valence-electron chi connectivity index (χ4n) is 4.73. The summed E-state index contributed by atoms with van der Waals surface area (Å²) in [5.74, 6) is -1.03. The first kappa shape index (κ1) is 22.2. The van der Waals surface area contributed by atoms with Gasteiger partial charge in [-0.25, -0.2) is 9.59 Å². The Morgan fingerprint density at radius 3 is 2.41 bits per heavy atom. The Labute approximate surface area is 201 Å². The number of hydrogen-bond acceptors (Lipinski definition) is 5. The average Bonchev–Trinajstić information content (AvgIpc) is 3.42. The molecule has 3 aromatic rings. The maximum atomic E-state index is 12.6. The highest BCUT2D eigenvalue weighted by atomic mass is 32.1.